The first-order valence-electron chi connectivity index (χ1n) is 8.11. The van der Waals surface area contributed by atoms with Gasteiger partial charge in [-0.3, -0.25) is 4.99 Å². The summed E-state index contributed by atoms with van der Waals surface area (Å²) in [5, 5.41) is 6.48. The predicted octanol–water partition coefficient (Wildman–Crippen LogP) is 1.80. The largest absolute Gasteiger partial charge is 0.355 e. The highest BCUT2D eigenvalue weighted by Crippen LogP contribution is 2.13. The zero-order valence-electron chi connectivity index (χ0n) is 15.5. The molecule has 0 bridgehead atoms. The second kappa shape index (κ2) is 8.48. The van der Waals surface area contributed by atoms with E-state index in [9.17, 15) is 8.42 Å². The molecule has 6 nitrogen and oxygen atoms in total. The van der Waals surface area contributed by atoms with Gasteiger partial charge in [-0.05, 0) is 38.3 Å². The normalized spacial score (nSPS) is 14.3. The molecule has 0 aliphatic heterocycles. The Morgan fingerprint density at radius 2 is 1.83 bits per heavy atom. The summed E-state index contributed by atoms with van der Waals surface area (Å²) in [7, 11) is -1.57. The summed E-state index contributed by atoms with van der Waals surface area (Å²) in [6, 6.07) is 8.57. The fraction of sp³-hybridized carbons (Fsp3) is 0.588. The maximum Gasteiger partial charge on any atom is 0.209 e. The molecule has 0 aliphatic rings. The molecule has 1 aromatic rings. The van der Waals surface area contributed by atoms with Gasteiger partial charge >= 0.3 is 0 Å². The third-order valence-corrected chi connectivity index (χ3v) is 4.55. The molecule has 136 valence electrons. The monoisotopic (exact) mass is 354 g/mol. The highest BCUT2D eigenvalue weighted by atomic mass is 32.2. The summed E-state index contributed by atoms with van der Waals surface area (Å²) in [6.07, 6.45) is 2.18. The van der Waals surface area contributed by atoms with Crippen LogP contribution in [0.15, 0.2) is 29.3 Å². The number of aliphatic imine (C=N–C) groups is 1. The zero-order chi connectivity index (χ0) is 18.4. The lowest BCUT2D eigenvalue weighted by Crippen LogP contribution is -2.53. The van der Waals surface area contributed by atoms with Crippen LogP contribution in [0.1, 0.15) is 44.9 Å². The van der Waals surface area contributed by atoms with Crippen LogP contribution in [0, 0.1) is 0 Å². The van der Waals surface area contributed by atoms with Crippen LogP contribution in [-0.2, 0) is 16.4 Å². The van der Waals surface area contributed by atoms with Gasteiger partial charge in [0.15, 0.2) is 5.96 Å². The Morgan fingerprint density at radius 3 is 2.29 bits per heavy atom. The molecule has 0 heterocycles. The van der Waals surface area contributed by atoms with E-state index >= 15 is 0 Å². The maximum atomic E-state index is 11.4. The van der Waals surface area contributed by atoms with Crippen molar-refractivity contribution in [1.29, 1.82) is 0 Å². The van der Waals surface area contributed by atoms with E-state index in [2.05, 4.69) is 58.5 Å². The molecule has 0 saturated heterocycles. The first-order chi connectivity index (χ1) is 11.1. The van der Waals surface area contributed by atoms with E-state index < -0.39 is 15.6 Å². The molecule has 0 fully saturated rings. The first-order valence-corrected chi connectivity index (χ1v) is 10.0. The Kier molecular flexibility index (Phi) is 7.23. The molecule has 0 spiro atoms. The SMILES string of the molecule is CCc1ccc(C(C)NC(=NC)NCC(C)(C)NS(C)(=O)=O)cc1. The van der Waals surface area contributed by atoms with Crippen LogP contribution in [0.25, 0.3) is 0 Å². The van der Waals surface area contributed by atoms with Gasteiger partial charge in [0, 0.05) is 19.1 Å². The number of nitrogens with one attached hydrogen (secondary N) is 3. The maximum absolute atomic E-state index is 11.4. The smallest absolute Gasteiger partial charge is 0.209 e. The Morgan fingerprint density at radius 1 is 1.25 bits per heavy atom. The van der Waals surface area contributed by atoms with Crippen LogP contribution in [0.4, 0.5) is 0 Å². The molecule has 1 unspecified atom stereocenters. The number of hydrogen-bond donors (Lipinski definition) is 3. The van der Waals surface area contributed by atoms with Crippen LogP contribution >= 0.6 is 0 Å². The van der Waals surface area contributed by atoms with E-state index in [1.54, 1.807) is 7.05 Å². The molecule has 1 atom stereocenters. The van der Waals surface area contributed by atoms with E-state index in [1.165, 1.54) is 11.1 Å². The molecule has 0 radical (unpaired) electrons. The van der Waals surface area contributed by atoms with Gasteiger partial charge in [0.25, 0.3) is 0 Å². The van der Waals surface area contributed by atoms with Crippen molar-refractivity contribution in [2.24, 2.45) is 4.99 Å². The van der Waals surface area contributed by atoms with Crippen LogP contribution in [0.3, 0.4) is 0 Å². The lowest BCUT2D eigenvalue weighted by molar-refractivity contribution is 0.445. The standard InChI is InChI=1S/C17H30N4O2S/c1-7-14-8-10-15(11-9-14)13(2)20-16(18-5)19-12-17(3,4)21-24(6,22)23/h8-11,13,21H,7,12H2,1-6H3,(H2,18,19,20). The molecule has 0 saturated carbocycles. The Labute approximate surface area is 146 Å². The molecule has 0 aromatic heterocycles. The van der Waals surface area contributed by atoms with Crippen molar-refractivity contribution in [2.45, 2.75) is 45.7 Å². The molecular formula is C17H30N4O2S. The van der Waals surface area contributed by atoms with Gasteiger partial charge < -0.3 is 10.6 Å². The minimum absolute atomic E-state index is 0.0908. The highest BCUT2D eigenvalue weighted by Gasteiger charge is 2.22. The average Bonchev–Trinajstić information content (AvgIpc) is 2.49. The number of guanidine groups is 1. The third kappa shape index (κ3) is 7.31. The van der Waals surface area contributed by atoms with Gasteiger partial charge in [0.05, 0.1) is 12.3 Å². The van der Waals surface area contributed by atoms with E-state index in [4.69, 9.17) is 0 Å². The fourth-order valence-corrected chi connectivity index (χ4v) is 3.44. The van der Waals surface area contributed by atoms with Crippen molar-refractivity contribution < 1.29 is 8.42 Å². The summed E-state index contributed by atoms with van der Waals surface area (Å²) < 4.78 is 25.4. The highest BCUT2D eigenvalue weighted by molar-refractivity contribution is 7.88. The van der Waals surface area contributed by atoms with Crippen molar-refractivity contribution in [2.75, 3.05) is 19.8 Å². The van der Waals surface area contributed by atoms with Crippen LogP contribution in [0.2, 0.25) is 0 Å². The molecular weight excluding hydrogens is 324 g/mol. The minimum Gasteiger partial charge on any atom is -0.355 e. The van der Waals surface area contributed by atoms with Crippen molar-refractivity contribution >= 4 is 16.0 Å². The zero-order valence-corrected chi connectivity index (χ0v) is 16.3. The van der Waals surface area contributed by atoms with Gasteiger partial charge in [-0.25, -0.2) is 13.1 Å². The van der Waals surface area contributed by atoms with Crippen LogP contribution in [0.5, 0.6) is 0 Å². The second-order valence-electron chi connectivity index (χ2n) is 6.65. The van der Waals surface area contributed by atoms with E-state index in [1.807, 2.05) is 13.8 Å². The number of nitrogens with zero attached hydrogens (tertiary/aromatic N) is 1. The number of sulfonamides is 1. The van der Waals surface area contributed by atoms with Gasteiger partial charge in [-0.2, -0.15) is 0 Å². The van der Waals surface area contributed by atoms with Crippen LogP contribution in [-0.4, -0.2) is 39.8 Å². The number of rotatable bonds is 7. The van der Waals surface area contributed by atoms with Crippen molar-refractivity contribution in [3.05, 3.63) is 35.4 Å². The molecule has 24 heavy (non-hydrogen) atoms. The molecule has 0 aliphatic carbocycles. The summed E-state index contributed by atoms with van der Waals surface area (Å²) in [5.74, 6) is 0.630. The molecule has 1 aromatic carbocycles. The van der Waals surface area contributed by atoms with Crippen molar-refractivity contribution in [1.82, 2.24) is 15.4 Å². The summed E-state index contributed by atoms with van der Waals surface area (Å²) >= 11 is 0. The second-order valence-corrected chi connectivity index (χ2v) is 8.39. The Bertz CT molecular complexity index is 652. The fourth-order valence-electron chi connectivity index (χ4n) is 2.37. The summed E-state index contributed by atoms with van der Waals surface area (Å²) in [5.41, 5.74) is 1.86. The third-order valence-electron chi connectivity index (χ3n) is 3.62. The number of aryl methyl sites for hydroxylation is 1. The molecule has 1 rings (SSSR count). The van der Waals surface area contributed by atoms with Gasteiger partial charge in [-0.1, -0.05) is 31.2 Å². The number of benzene rings is 1. The topological polar surface area (TPSA) is 82.6 Å². The minimum atomic E-state index is -3.26. The van der Waals surface area contributed by atoms with Gasteiger partial charge in [0.2, 0.25) is 10.0 Å². The van der Waals surface area contributed by atoms with E-state index in [0.29, 0.717) is 12.5 Å². The quantitative estimate of drug-likeness (QED) is 0.515. The summed E-state index contributed by atoms with van der Waals surface area (Å²) in [6.45, 7) is 8.26. The van der Waals surface area contributed by atoms with Crippen molar-refractivity contribution in [3.8, 4) is 0 Å². The first kappa shape index (κ1) is 20.4. The van der Waals surface area contributed by atoms with Crippen LogP contribution < -0.4 is 15.4 Å². The van der Waals surface area contributed by atoms with E-state index in [-0.39, 0.29) is 6.04 Å². The molecule has 3 N–H and O–H groups in total. The van der Waals surface area contributed by atoms with Gasteiger partial charge in [-0.15, -0.1) is 0 Å². The Hall–Kier alpha value is -1.60. The molecule has 0 amide bonds. The lowest BCUT2D eigenvalue weighted by atomic mass is 10.1. The molecule has 7 heteroatoms. The van der Waals surface area contributed by atoms with Crippen molar-refractivity contribution in [3.63, 3.8) is 0 Å². The van der Waals surface area contributed by atoms with E-state index in [0.717, 1.165) is 12.7 Å². The Balaban J connectivity index is 2.63. The van der Waals surface area contributed by atoms with Gasteiger partial charge in [0.1, 0.15) is 0 Å². The predicted molar refractivity (Wildman–Crippen MR) is 101 cm³/mol. The summed E-state index contributed by atoms with van der Waals surface area (Å²) in [4.78, 5) is 4.20. The number of hydrogen-bond acceptors (Lipinski definition) is 3. The average molecular weight is 355 g/mol. The lowest BCUT2D eigenvalue weighted by Gasteiger charge is -2.27.